The van der Waals surface area contributed by atoms with E-state index in [0.29, 0.717) is 5.95 Å². The summed E-state index contributed by atoms with van der Waals surface area (Å²) in [6.07, 6.45) is 1.77. The molecule has 7 heteroatoms. The van der Waals surface area contributed by atoms with Crippen molar-refractivity contribution in [2.75, 3.05) is 30.4 Å². The van der Waals surface area contributed by atoms with Crippen molar-refractivity contribution in [3.8, 4) is 16.9 Å². The molecule has 2 aromatic heterocycles. The van der Waals surface area contributed by atoms with Crippen molar-refractivity contribution in [2.45, 2.75) is 19.4 Å². The Kier molecular flexibility index (Phi) is 6.18. The van der Waals surface area contributed by atoms with Crippen molar-refractivity contribution in [1.82, 2.24) is 19.7 Å². The van der Waals surface area contributed by atoms with E-state index in [2.05, 4.69) is 70.9 Å². The van der Waals surface area contributed by atoms with Gasteiger partial charge in [0.05, 0.1) is 18.2 Å². The molecule has 37 heavy (non-hydrogen) atoms. The van der Waals surface area contributed by atoms with Crippen LogP contribution in [-0.2, 0) is 26.4 Å². The third-order valence-electron chi connectivity index (χ3n) is 6.95. The van der Waals surface area contributed by atoms with Crippen molar-refractivity contribution in [2.24, 2.45) is 7.05 Å². The van der Waals surface area contributed by atoms with E-state index in [1.54, 1.807) is 7.11 Å². The van der Waals surface area contributed by atoms with Crippen LogP contribution in [0.5, 0.6) is 5.75 Å². The average molecular weight is 491 g/mol. The van der Waals surface area contributed by atoms with Gasteiger partial charge in [-0.25, -0.2) is 4.68 Å². The molecule has 1 N–H and O–H groups in total. The summed E-state index contributed by atoms with van der Waals surface area (Å²) in [5, 5.41) is 9.25. The monoisotopic (exact) mass is 490 g/mol. The number of aryl methyl sites for hydroxylation is 1. The van der Waals surface area contributed by atoms with E-state index >= 15 is 0 Å². The fourth-order valence-corrected chi connectivity index (χ4v) is 4.96. The predicted molar refractivity (Wildman–Crippen MR) is 148 cm³/mol. The van der Waals surface area contributed by atoms with Gasteiger partial charge in [-0.05, 0) is 40.8 Å². The minimum Gasteiger partial charge on any atom is -0.497 e. The third-order valence-corrected chi connectivity index (χ3v) is 6.95. The van der Waals surface area contributed by atoms with Crippen molar-refractivity contribution >= 4 is 22.8 Å². The molecule has 0 spiro atoms. The second kappa shape index (κ2) is 9.93. The number of rotatable bonds is 8. The number of nitrogens with zero attached hydrogens (tertiary/aromatic N) is 5. The van der Waals surface area contributed by atoms with Gasteiger partial charge < -0.3 is 15.0 Å². The number of hydrogen-bond acceptors (Lipinski definition) is 6. The number of hydrogen-bond donors (Lipinski definition) is 1. The zero-order valence-corrected chi connectivity index (χ0v) is 21.2. The molecule has 1 aliphatic heterocycles. The molecule has 0 fully saturated rings. The predicted octanol–water partition coefficient (Wildman–Crippen LogP) is 5.26. The smallest absolute Gasteiger partial charge is 0.226 e. The number of methoxy groups -OCH3 is 1. The van der Waals surface area contributed by atoms with E-state index in [-0.39, 0.29) is 0 Å². The molecule has 0 aliphatic carbocycles. The maximum atomic E-state index is 5.31. The number of nitrogens with one attached hydrogen (secondary N) is 1. The summed E-state index contributed by atoms with van der Waals surface area (Å²) in [6.45, 7) is 2.39. The highest BCUT2D eigenvalue weighted by atomic mass is 16.5. The highest BCUT2D eigenvalue weighted by Gasteiger charge is 2.26. The molecule has 0 saturated heterocycles. The Labute approximate surface area is 216 Å². The quantitative estimate of drug-likeness (QED) is 0.320. The van der Waals surface area contributed by atoms with Crippen molar-refractivity contribution < 1.29 is 4.74 Å². The van der Waals surface area contributed by atoms with Gasteiger partial charge in [-0.2, -0.15) is 15.1 Å². The summed E-state index contributed by atoms with van der Waals surface area (Å²) in [4.78, 5) is 12.1. The lowest BCUT2D eigenvalue weighted by molar-refractivity contribution is 0.414. The number of benzene rings is 3. The first kappa shape index (κ1) is 23.0. The summed E-state index contributed by atoms with van der Waals surface area (Å²) in [5.41, 5.74) is 6.90. The minimum atomic E-state index is 0.639. The Morgan fingerprint density at radius 3 is 2.35 bits per heavy atom. The lowest BCUT2D eigenvalue weighted by Crippen LogP contribution is -2.29. The van der Waals surface area contributed by atoms with E-state index in [1.807, 2.05) is 29.9 Å². The van der Waals surface area contributed by atoms with E-state index in [0.717, 1.165) is 60.8 Å². The van der Waals surface area contributed by atoms with E-state index in [9.17, 15) is 0 Å². The van der Waals surface area contributed by atoms with Crippen LogP contribution in [0.25, 0.3) is 22.2 Å². The summed E-state index contributed by atoms with van der Waals surface area (Å²) >= 11 is 0. The normalized spacial score (nSPS) is 12.6. The van der Waals surface area contributed by atoms with E-state index < -0.39 is 0 Å². The summed E-state index contributed by atoms with van der Waals surface area (Å²) < 4.78 is 7.19. The number of aromatic nitrogens is 4. The molecule has 3 aromatic carbocycles. The van der Waals surface area contributed by atoms with Crippen molar-refractivity contribution in [3.63, 3.8) is 0 Å². The maximum Gasteiger partial charge on any atom is 0.226 e. The van der Waals surface area contributed by atoms with Gasteiger partial charge in [0.1, 0.15) is 11.6 Å². The lowest BCUT2D eigenvalue weighted by atomic mass is 10.0. The molecular weight excluding hydrogens is 460 g/mol. The number of anilines is 2. The third kappa shape index (κ3) is 4.72. The highest BCUT2D eigenvalue weighted by molar-refractivity contribution is 5.92. The van der Waals surface area contributed by atoms with Crippen molar-refractivity contribution in [3.05, 3.63) is 95.7 Å². The second-order valence-corrected chi connectivity index (χ2v) is 9.40. The molecule has 3 heterocycles. The summed E-state index contributed by atoms with van der Waals surface area (Å²) in [6, 6.07) is 27.4. The van der Waals surface area contributed by atoms with Gasteiger partial charge in [0.15, 0.2) is 5.65 Å². The zero-order valence-electron chi connectivity index (χ0n) is 21.2. The summed E-state index contributed by atoms with van der Waals surface area (Å²) in [5.74, 6) is 2.45. The molecule has 0 atom stereocenters. The largest absolute Gasteiger partial charge is 0.497 e. The van der Waals surface area contributed by atoms with Gasteiger partial charge in [-0.15, -0.1) is 0 Å². The Morgan fingerprint density at radius 1 is 0.865 bits per heavy atom. The Bertz CT molecular complexity index is 1510. The molecule has 6 rings (SSSR count). The van der Waals surface area contributed by atoms with Gasteiger partial charge in [-0.1, -0.05) is 66.7 Å². The van der Waals surface area contributed by atoms with Gasteiger partial charge in [-0.3, -0.25) is 0 Å². The first-order chi connectivity index (χ1) is 18.2. The van der Waals surface area contributed by atoms with Crippen LogP contribution in [0.4, 0.5) is 11.8 Å². The molecule has 186 valence electrons. The van der Waals surface area contributed by atoms with Crippen molar-refractivity contribution in [1.29, 1.82) is 0 Å². The Hall–Kier alpha value is -4.39. The standard InChI is InChI=1S/C30H30N6O/c1-35-28-27-26(34-35)17-19-36(20-22-10-14-25(37-2)15-11-22)29(27)33-30(32-28)31-18-16-21-8-12-24(13-9-21)23-6-4-3-5-7-23/h3-15H,16-20H2,1-2H3,(H,31,32,33). The molecule has 0 saturated carbocycles. The second-order valence-electron chi connectivity index (χ2n) is 9.40. The van der Waals surface area contributed by atoms with Crippen LogP contribution in [-0.4, -0.2) is 39.9 Å². The van der Waals surface area contributed by atoms with E-state index in [4.69, 9.17) is 19.8 Å². The molecule has 5 aromatic rings. The topological polar surface area (TPSA) is 68.1 Å². The van der Waals surface area contributed by atoms with Gasteiger partial charge in [0.25, 0.3) is 0 Å². The Balaban J connectivity index is 1.19. The zero-order chi connectivity index (χ0) is 25.2. The molecule has 1 aliphatic rings. The fraction of sp³-hybridized carbons (Fsp3) is 0.233. The lowest BCUT2D eigenvalue weighted by Gasteiger charge is -2.28. The van der Waals surface area contributed by atoms with Gasteiger partial charge in [0.2, 0.25) is 5.95 Å². The fourth-order valence-electron chi connectivity index (χ4n) is 4.96. The molecule has 0 bridgehead atoms. The van der Waals surface area contributed by atoms with Crippen LogP contribution < -0.4 is 15.0 Å². The van der Waals surface area contributed by atoms with Crippen LogP contribution in [0.1, 0.15) is 16.8 Å². The minimum absolute atomic E-state index is 0.639. The Morgan fingerprint density at radius 2 is 1.59 bits per heavy atom. The van der Waals surface area contributed by atoms with Crippen LogP contribution >= 0.6 is 0 Å². The summed E-state index contributed by atoms with van der Waals surface area (Å²) in [7, 11) is 3.65. The molecule has 0 unspecified atom stereocenters. The van der Waals surface area contributed by atoms with Crippen LogP contribution in [0.2, 0.25) is 0 Å². The molecular formula is C30H30N6O. The molecule has 0 amide bonds. The van der Waals surface area contributed by atoms with Crippen LogP contribution in [0.15, 0.2) is 78.9 Å². The van der Waals surface area contributed by atoms with Crippen LogP contribution in [0, 0.1) is 0 Å². The van der Waals surface area contributed by atoms with E-state index in [1.165, 1.54) is 22.3 Å². The first-order valence-corrected chi connectivity index (χ1v) is 12.7. The maximum absolute atomic E-state index is 5.31. The molecule has 7 nitrogen and oxygen atoms in total. The average Bonchev–Trinajstić information content (AvgIpc) is 3.27. The SMILES string of the molecule is COc1ccc(CN2CCc3nn(C)c4nc(NCCc5ccc(-c6ccccc6)cc5)nc2c34)cc1. The van der Waals surface area contributed by atoms with Crippen LogP contribution in [0.3, 0.4) is 0 Å². The number of ether oxygens (including phenoxy) is 1. The first-order valence-electron chi connectivity index (χ1n) is 12.7. The van der Waals surface area contributed by atoms with Gasteiger partial charge >= 0.3 is 0 Å². The molecule has 0 radical (unpaired) electrons. The van der Waals surface area contributed by atoms with Gasteiger partial charge in [0, 0.05) is 33.1 Å². The highest BCUT2D eigenvalue weighted by Crippen LogP contribution is 2.33.